The van der Waals surface area contributed by atoms with Crippen LogP contribution in [-0.4, -0.2) is 63.1 Å². The molecule has 0 radical (unpaired) electrons. The van der Waals surface area contributed by atoms with Gasteiger partial charge in [-0.1, -0.05) is 100 Å². The largest absolute Gasteiger partial charge is 0.491 e. The van der Waals surface area contributed by atoms with Gasteiger partial charge >= 0.3 is 0 Å². The van der Waals surface area contributed by atoms with Crippen molar-refractivity contribution < 1.29 is 29.2 Å². The van der Waals surface area contributed by atoms with Crippen molar-refractivity contribution in [3.63, 3.8) is 0 Å². The summed E-state index contributed by atoms with van der Waals surface area (Å²) < 4.78 is 23.3. The van der Waals surface area contributed by atoms with Gasteiger partial charge in [0.25, 0.3) is 0 Å². The molecule has 4 aromatic rings. The maximum Gasteiger partial charge on any atom is 0.122 e. The molecule has 238 valence electrons. The maximum atomic E-state index is 9.04. The Hall–Kier alpha value is -3.68. The SMILES string of the molecule is CC(C)c1cc(C2(c3ccc(OCCOCCO)c(C(C)C)c3)c3ccccc3-c3ccccc32)ccc1OCCOCCO. The summed E-state index contributed by atoms with van der Waals surface area (Å²) in [5.41, 5.74) is 9.11. The molecule has 45 heavy (non-hydrogen) atoms. The predicted octanol–water partition coefficient (Wildman–Crippen LogP) is 7.07. The molecule has 5 rings (SSSR count). The van der Waals surface area contributed by atoms with E-state index in [-0.39, 0.29) is 25.0 Å². The molecule has 0 atom stereocenters. The zero-order valence-corrected chi connectivity index (χ0v) is 26.9. The Morgan fingerprint density at radius 1 is 0.533 bits per heavy atom. The first kappa shape index (κ1) is 32.7. The topological polar surface area (TPSA) is 77.4 Å². The van der Waals surface area contributed by atoms with E-state index in [4.69, 9.17) is 29.2 Å². The van der Waals surface area contributed by atoms with Gasteiger partial charge in [-0.05, 0) is 68.5 Å². The summed E-state index contributed by atoms with van der Waals surface area (Å²) in [6.45, 7) is 11.1. The van der Waals surface area contributed by atoms with Crippen molar-refractivity contribution in [3.05, 3.63) is 118 Å². The van der Waals surface area contributed by atoms with Gasteiger partial charge in [0.1, 0.15) is 24.7 Å². The maximum absolute atomic E-state index is 9.04. The lowest BCUT2D eigenvalue weighted by atomic mass is 9.66. The molecule has 0 saturated carbocycles. The summed E-state index contributed by atoms with van der Waals surface area (Å²) in [5.74, 6) is 2.17. The van der Waals surface area contributed by atoms with Crippen molar-refractivity contribution in [2.24, 2.45) is 0 Å². The monoisotopic (exact) mass is 610 g/mol. The second-order valence-corrected chi connectivity index (χ2v) is 12.0. The third kappa shape index (κ3) is 6.66. The molecule has 0 heterocycles. The fraction of sp³-hybridized carbons (Fsp3) is 0.385. The zero-order valence-electron chi connectivity index (χ0n) is 26.9. The average Bonchev–Trinajstić information content (AvgIpc) is 3.36. The molecule has 0 fully saturated rings. The minimum Gasteiger partial charge on any atom is -0.491 e. The lowest BCUT2D eigenvalue weighted by Gasteiger charge is -2.35. The Balaban J connectivity index is 1.66. The van der Waals surface area contributed by atoms with Crippen molar-refractivity contribution in [1.82, 2.24) is 0 Å². The van der Waals surface area contributed by atoms with Crippen LogP contribution < -0.4 is 9.47 Å². The quantitative estimate of drug-likeness (QED) is 0.116. The Morgan fingerprint density at radius 2 is 0.956 bits per heavy atom. The number of hydrogen-bond acceptors (Lipinski definition) is 6. The van der Waals surface area contributed by atoms with Crippen molar-refractivity contribution in [3.8, 4) is 22.6 Å². The fourth-order valence-electron chi connectivity index (χ4n) is 6.51. The highest BCUT2D eigenvalue weighted by Gasteiger charge is 2.46. The van der Waals surface area contributed by atoms with Crippen LogP contribution >= 0.6 is 0 Å². The first-order chi connectivity index (χ1) is 21.9. The van der Waals surface area contributed by atoms with Gasteiger partial charge in [-0.2, -0.15) is 0 Å². The lowest BCUT2D eigenvalue weighted by Crippen LogP contribution is -2.29. The number of aliphatic hydroxyl groups excluding tert-OH is 2. The third-order valence-corrected chi connectivity index (χ3v) is 8.52. The van der Waals surface area contributed by atoms with Crippen LogP contribution in [0.3, 0.4) is 0 Å². The van der Waals surface area contributed by atoms with E-state index < -0.39 is 5.41 Å². The molecule has 1 aliphatic rings. The highest BCUT2D eigenvalue weighted by Crippen LogP contribution is 2.57. The minimum absolute atomic E-state index is 0.00163. The average molecular weight is 611 g/mol. The smallest absolute Gasteiger partial charge is 0.122 e. The molecule has 6 heteroatoms. The molecular formula is C39H46O6. The number of fused-ring (bicyclic) bond motifs is 3. The number of ether oxygens (including phenoxy) is 4. The molecule has 0 aromatic heterocycles. The van der Waals surface area contributed by atoms with E-state index in [1.54, 1.807) is 0 Å². The summed E-state index contributed by atoms with van der Waals surface area (Å²) in [7, 11) is 0. The van der Waals surface area contributed by atoms with Gasteiger partial charge in [0.05, 0.1) is 45.1 Å². The Kier molecular flexibility index (Phi) is 11.0. The van der Waals surface area contributed by atoms with E-state index in [2.05, 4.69) is 113 Å². The van der Waals surface area contributed by atoms with Gasteiger partial charge in [-0.15, -0.1) is 0 Å². The van der Waals surface area contributed by atoms with Gasteiger partial charge in [0.15, 0.2) is 0 Å². The van der Waals surface area contributed by atoms with Gasteiger partial charge in [0.2, 0.25) is 0 Å². The second-order valence-electron chi connectivity index (χ2n) is 12.0. The molecule has 6 nitrogen and oxygen atoms in total. The summed E-state index contributed by atoms with van der Waals surface area (Å²) >= 11 is 0. The third-order valence-electron chi connectivity index (χ3n) is 8.52. The van der Waals surface area contributed by atoms with Gasteiger partial charge < -0.3 is 29.2 Å². The van der Waals surface area contributed by atoms with E-state index in [0.717, 1.165) is 22.6 Å². The first-order valence-electron chi connectivity index (χ1n) is 16.0. The molecule has 4 aromatic carbocycles. The molecule has 1 aliphatic carbocycles. The molecule has 0 aliphatic heterocycles. The van der Waals surface area contributed by atoms with E-state index in [0.29, 0.717) is 39.6 Å². The highest BCUT2D eigenvalue weighted by atomic mass is 16.5. The van der Waals surface area contributed by atoms with Gasteiger partial charge in [0, 0.05) is 0 Å². The number of rotatable bonds is 16. The summed E-state index contributed by atoms with van der Waals surface area (Å²) in [6, 6.07) is 30.8. The molecule has 0 unspecified atom stereocenters. The molecule has 0 bridgehead atoms. The number of aliphatic hydroxyl groups is 2. The standard InChI is InChI=1S/C39H46O6/c1-27(2)33-25-29(13-15-37(33)44-23-21-42-19-17-40)39(35-11-7-5-9-31(35)32-10-6-8-12-36(32)39)30-14-16-38(34(26-30)28(3)4)45-24-22-43-20-18-41/h5-16,25-28,40-41H,17-24H2,1-4H3. The first-order valence-corrected chi connectivity index (χ1v) is 16.0. The zero-order chi connectivity index (χ0) is 31.8. The normalized spacial score (nSPS) is 13.2. The molecule has 0 saturated heterocycles. The van der Waals surface area contributed by atoms with E-state index >= 15 is 0 Å². The lowest BCUT2D eigenvalue weighted by molar-refractivity contribution is 0.0702. The van der Waals surface area contributed by atoms with E-state index in [1.807, 2.05) is 0 Å². The van der Waals surface area contributed by atoms with Gasteiger partial charge in [-0.25, -0.2) is 0 Å². The summed E-state index contributed by atoms with van der Waals surface area (Å²) in [6.07, 6.45) is 0. The molecule has 0 amide bonds. The van der Waals surface area contributed by atoms with Crippen LogP contribution in [0.1, 0.15) is 72.9 Å². The van der Waals surface area contributed by atoms with Crippen LogP contribution in [0.15, 0.2) is 84.9 Å². The van der Waals surface area contributed by atoms with Gasteiger partial charge in [-0.3, -0.25) is 0 Å². The number of hydrogen-bond donors (Lipinski definition) is 2. The van der Waals surface area contributed by atoms with Crippen molar-refractivity contribution in [2.45, 2.75) is 44.9 Å². The molecular weight excluding hydrogens is 564 g/mol. The summed E-state index contributed by atoms with van der Waals surface area (Å²) in [5, 5.41) is 18.1. The van der Waals surface area contributed by atoms with E-state index in [9.17, 15) is 0 Å². The number of benzene rings is 4. The Morgan fingerprint density at radius 3 is 1.36 bits per heavy atom. The summed E-state index contributed by atoms with van der Waals surface area (Å²) in [4.78, 5) is 0. The predicted molar refractivity (Wildman–Crippen MR) is 179 cm³/mol. The second kappa shape index (κ2) is 15.1. The molecule has 2 N–H and O–H groups in total. The van der Waals surface area contributed by atoms with Crippen LogP contribution in [0.5, 0.6) is 11.5 Å². The molecule has 0 spiro atoms. The van der Waals surface area contributed by atoms with E-state index in [1.165, 1.54) is 33.4 Å². The Labute approximate surface area is 267 Å². The highest BCUT2D eigenvalue weighted by molar-refractivity contribution is 5.86. The van der Waals surface area contributed by atoms with Crippen LogP contribution in [0, 0.1) is 0 Å². The van der Waals surface area contributed by atoms with Crippen LogP contribution in [0.2, 0.25) is 0 Å². The van der Waals surface area contributed by atoms with Crippen molar-refractivity contribution in [2.75, 3.05) is 52.9 Å². The minimum atomic E-state index is -0.550. The van der Waals surface area contributed by atoms with Crippen molar-refractivity contribution in [1.29, 1.82) is 0 Å². The fourth-order valence-corrected chi connectivity index (χ4v) is 6.51. The van der Waals surface area contributed by atoms with Crippen LogP contribution in [0.25, 0.3) is 11.1 Å². The van der Waals surface area contributed by atoms with Crippen molar-refractivity contribution >= 4 is 0 Å². The van der Waals surface area contributed by atoms with Crippen LogP contribution in [0.4, 0.5) is 0 Å². The Bertz CT molecular complexity index is 1440. The van der Waals surface area contributed by atoms with Crippen LogP contribution in [-0.2, 0) is 14.9 Å².